The minimum atomic E-state index is 0.718. The van der Waals surface area contributed by atoms with Gasteiger partial charge in [-0.05, 0) is 12.8 Å². The predicted octanol–water partition coefficient (Wildman–Crippen LogP) is 1.83. The molecule has 0 N–H and O–H groups in total. The molecule has 8 heavy (non-hydrogen) atoms. The van der Waals surface area contributed by atoms with Gasteiger partial charge in [0, 0.05) is 17.5 Å². The van der Waals surface area contributed by atoms with Crippen LogP contribution in [-0.4, -0.2) is 4.98 Å². The summed E-state index contributed by atoms with van der Waals surface area (Å²) in [6.45, 7) is 0. The first kappa shape index (κ1) is 4.50. The molecule has 1 aliphatic carbocycles. The lowest BCUT2D eigenvalue weighted by molar-refractivity contribution is 1.11. The number of aromatic nitrogens is 1. The molecule has 0 bridgehead atoms. The Morgan fingerprint density at radius 1 is 1.75 bits per heavy atom. The zero-order valence-electron chi connectivity index (χ0n) is 4.37. The van der Waals surface area contributed by atoms with E-state index in [1.165, 1.54) is 11.4 Å². The molecule has 1 saturated carbocycles. The Labute approximate surface area is 52.4 Å². The second kappa shape index (κ2) is 1.55. The van der Waals surface area contributed by atoms with E-state index in [-0.39, 0.29) is 0 Å². The van der Waals surface area contributed by atoms with Crippen LogP contribution in [-0.2, 0) is 0 Å². The molecule has 0 aromatic carbocycles. The van der Waals surface area contributed by atoms with Crippen LogP contribution in [0.25, 0.3) is 0 Å². The van der Waals surface area contributed by atoms with Crippen molar-refractivity contribution in [2.45, 2.75) is 12.3 Å². The molecule has 1 heterocycles. The molecule has 1 aromatic rings. The molecule has 0 spiro atoms. The third kappa shape index (κ3) is 0.650. The molecule has 0 amide bonds. The van der Waals surface area contributed by atoms with Crippen molar-refractivity contribution in [2.24, 2.45) is 0 Å². The van der Waals surface area contributed by atoms with Gasteiger partial charge in [-0.1, -0.05) is 0 Å². The van der Waals surface area contributed by atoms with Crippen LogP contribution in [0.1, 0.15) is 17.3 Å². The summed E-state index contributed by atoms with van der Waals surface area (Å²) >= 11 is 1.75. The van der Waals surface area contributed by atoms with Crippen molar-refractivity contribution in [1.82, 2.24) is 4.98 Å². The molecular weight excluding hydrogens is 118 g/mol. The number of nitrogens with zero attached hydrogens (tertiary/aromatic N) is 1. The van der Waals surface area contributed by atoms with E-state index in [9.17, 15) is 0 Å². The Balaban J connectivity index is 2.28. The van der Waals surface area contributed by atoms with Gasteiger partial charge >= 0.3 is 0 Å². The normalized spacial score (nSPS) is 19.0. The van der Waals surface area contributed by atoms with Crippen molar-refractivity contribution in [3.05, 3.63) is 23.0 Å². The molecule has 1 nitrogen and oxygen atoms in total. The molecule has 1 atom stereocenters. The predicted molar refractivity (Wildman–Crippen MR) is 33.8 cm³/mol. The SMILES string of the molecule is [CH]1CC1c1nccs1. The zero-order valence-corrected chi connectivity index (χ0v) is 5.19. The highest BCUT2D eigenvalue weighted by atomic mass is 32.1. The Hall–Kier alpha value is -0.370. The Bertz CT molecular complexity index is 165. The summed E-state index contributed by atoms with van der Waals surface area (Å²) < 4.78 is 0. The maximum absolute atomic E-state index is 4.17. The van der Waals surface area contributed by atoms with E-state index in [2.05, 4.69) is 11.4 Å². The van der Waals surface area contributed by atoms with Crippen molar-refractivity contribution in [3.63, 3.8) is 0 Å². The van der Waals surface area contributed by atoms with Crippen molar-refractivity contribution in [3.8, 4) is 0 Å². The minimum Gasteiger partial charge on any atom is -0.249 e. The van der Waals surface area contributed by atoms with Gasteiger partial charge in [0.25, 0.3) is 0 Å². The fourth-order valence-corrected chi connectivity index (χ4v) is 1.44. The van der Waals surface area contributed by atoms with Crippen LogP contribution in [0.15, 0.2) is 11.6 Å². The fourth-order valence-electron chi connectivity index (χ4n) is 0.687. The highest BCUT2D eigenvalue weighted by Crippen LogP contribution is 2.39. The molecule has 1 aliphatic rings. The highest BCUT2D eigenvalue weighted by Gasteiger charge is 2.25. The fraction of sp³-hybridized carbons (Fsp3) is 0.333. The summed E-state index contributed by atoms with van der Waals surface area (Å²) in [7, 11) is 0. The van der Waals surface area contributed by atoms with Gasteiger partial charge in [-0.25, -0.2) is 4.98 Å². The van der Waals surface area contributed by atoms with Crippen molar-refractivity contribution in [2.75, 3.05) is 0 Å². The molecule has 41 valence electrons. The molecule has 1 fully saturated rings. The molecule has 1 unspecified atom stereocenters. The van der Waals surface area contributed by atoms with Crippen LogP contribution in [0.3, 0.4) is 0 Å². The maximum atomic E-state index is 4.17. The first-order chi connectivity index (χ1) is 3.97. The number of thiazole rings is 1. The summed E-state index contributed by atoms with van der Waals surface area (Å²) in [5.74, 6) is 0.718. The molecule has 1 aromatic heterocycles. The second-order valence-electron chi connectivity index (χ2n) is 1.95. The summed E-state index contributed by atoms with van der Waals surface area (Å²) in [6.07, 6.45) is 5.39. The van der Waals surface area contributed by atoms with E-state index in [0.717, 1.165) is 5.92 Å². The maximum Gasteiger partial charge on any atom is 0.0958 e. The van der Waals surface area contributed by atoms with Crippen LogP contribution >= 0.6 is 11.3 Å². The van der Waals surface area contributed by atoms with Gasteiger partial charge in [0.15, 0.2) is 0 Å². The van der Waals surface area contributed by atoms with E-state index in [0.29, 0.717) is 0 Å². The lowest BCUT2D eigenvalue weighted by Crippen LogP contribution is -1.70. The van der Waals surface area contributed by atoms with Gasteiger partial charge in [0.2, 0.25) is 0 Å². The first-order valence-electron chi connectivity index (χ1n) is 2.69. The van der Waals surface area contributed by atoms with Gasteiger partial charge in [-0.3, -0.25) is 0 Å². The zero-order chi connectivity index (χ0) is 5.40. The molecule has 2 rings (SSSR count). The Kier molecular flexibility index (Phi) is 0.875. The van der Waals surface area contributed by atoms with Crippen molar-refractivity contribution in [1.29, 1.82) is 0 Å². The van der Waals surface area contributed by atoms with E-state index in [4.69, 9.17) is 0 Å². The largest absolute Gasteiger partial charge is 0.249 e. The minimum absolute atomic E-state index is 0.718. The quantitative estimate of drug-likeness (QED) is 0.556. The second-order valence-corrected chi connectivity index (χ2v) is 2.87. The number of hydrogen-bond acceptors (Lipinski definition) is 2. The van der Waals surface area contributed by atoms with Gasteiger partial charge in [0.05, 0.1) is 5.01 Å². The van der Waals surface area contributed by atoms with E-state index in [1.54, 1.807) is 11.3 Å². The van der Waals surface area contributed by atoms with Crippen LogP contribution in [0.5, 0.6) is 0 Å². The summed E-state index contributed by atoms with van der Waals surface area (Å²) in [5.41, 5.74) is 0. The van der Waals surface area contributed by atoms with Crippen LogP contribution in [0.2, 0.25) is 0 Å². The topological polar surface area (TPSA) is 12.9 Å². The van der Waals surface area contributed by atoms with Gasteiger partial charge in [-0.2, -0.15) is 0 Å². The molecule has 0 aliphatic heterocycles. The van der Waals surface area contributed by atoms with Gasteiger partial charge in [-0.15, -0.1) is 11.3 Å². The molecule has 2 heteroatoms. The standard InChI is InChI=1S/C6H6NS/c1-2-5(1)6-7-3-4-8-6/h1,3-5H,2H2. The number of hydrogen-bond donors (Lipinski definition) is 0. The molecule has 1 radical (unpaired) electrons. The third-order valence-corrected chi connectivity index (χ3v) is 2.15. The highest BCUT2D eigenvalue weighted by molar-refractivity contribution is 7.09. The van der Waals surface area contributed by atoms with Crippen molar-refractivity contribution < 1.29 is 0 Å². The van der Waals surface area contributed by atoms with Crippen LogP contribution in [0, 0.1) is 6.42 Å². The van der Waals surface area contributed by atoms with E-state index >= 15 is 0 Å². The summed E-state index contributed by atoms with van der Waals surface area (Å²) in [5, 5.41) is 3.31. The van der Waals surface area contributed by atoms with Gasteiger partial charge in [0.1, 0.15) is 0 Å². The monoisotopic (exact) mass is 124 g/mol. The lowest BCUT2D eigenvalue weighted by atomic mass is 10.5. The van der Waals surface area contributed by atoms with E-state index < -0.39 is 0 Å². The lowest BCUT2D eigenvalue weighted by Gasteiger charge is -1.80. The average molecular weight is 124 g/mol. The molecule has 0 saturated heterocycles. The van der Waals surface area contributed by atoms with Gasteiger partial charge < -0.3 is 0 Å². The summed E-state index contributed by atoms with van der Waals surface area (Å²) in [6, 6.07) is 0. The van der Waals surface area contributed by atoms with Crippen molar-refractivity contribution >= 4 is 11.3 Å². The Morgan fingerprint density at radius 2 is 2.62 bits per heavy atom. The van der Waals surface area contributed by atoms with Crippen LogP contribution < -0.4 is 0 Å². The average Bonchev–Trinajstić information content (AvgIpc) is 2.49. The number of rotatable bonds is 1. The summed E-state index contributed by atoms with van der Waals surface area (Å²) in [4.78, 5) is 4.17. The van der Waals surface area contributed by atoms with E-state index in [1.807, 2.05) is 11.6 Å². The first-order valence-corrected chi connectivity index (χ1v) is 3.57. The Morgan fingerprint density at radius 3 is 3.12 bits per heavy atom. The molecular formula is C6H6NS. The smallest absolute Gasteiger partial charge is 0.0958 e. The third-order valence-electron chi connectivity index (χ3n) is 1.24. The van der Waals surface area contributed by atoms with Crippen LogP contribution in [0.4, 0.5) is 0 Å².